The van der Waals surface area contributed by atoms with Crippen molar-refractivity contribution in [1.29, 1.82) is 0 Å². The quantitative estimate of drug-likeness (QED) is 0.604. The molecule has 6 nitrogen and oxygen atoms in total. The number of alkyl halides is 3. The van der Waals surface area contributed by atoms with Gasteiger partial charge in [-0.3, -0.25) is 10.1 Å². The van der Waals surface area contributed by atoms with E-state index in [-0.39, 0.29) is 11.6 Å². The van der Waals surface area contributed by atoms with Gasteiger partial charge in [0, 0.05) is 30.2 Å². The van der Waals surface area contributed by atoms with Crippen molar-refractivity contribution in [3.8, 4) is 11.6 Å². The third kappa shape index (κ3) is 3.66. The molecule has 1 aliphatic heterocycles. The molecule has 4 rings (SSSR count). The van der Waals surface area contributed by atoms with Crippen molar-refractivity contribution < 1.29 is 22.3 Å². The van der Waals surface area contributed by atoms with Crippen LogP contribution >= 0.6 is 0 Å². The van der Waals surface area contributed by atoms with Crippen molar-refractivity contribution in [3.63, 3.8) is 0 Å². The Hall–Kier alpha value is -3.43. The molecule has 0 fully saturated rings. The Morgan fingerprint density at radius 2 is 2.00 bits per heavy atom. The fourth-order valence-electron chi connectivity index (χ4n) is 2.69. The number of hydrogen-bond acceptors (Lipinski definition) is 5. The van der Waals surface area contributed by atoms with Crippen LogP contribution in [0.4, 0.5) is 34.8 Å². The van der Waals surface area contributed by atoms with Crippen LogP contribution in [0, 0.1) is 5.82 Å². The zero-order valence-corrected chi connectivity index (χ0v) is 14.2. The molecule has 0 spiro atoms. The number of aliphatic imine (C=N–C) groups is 1. The maximum absolute atomic E-state index is 14.4. The van der Waals surface area contributed by atoms with Gasteiger partial charge in [-0.25, -0.2) is 9.37 Å². The lowest BCUT2D eigenvalue weighted by molar-refractivity contribution is -0.137. The van der Waals surface area contributed by atoms with E-state index >= 15 is 0 Å². The maximum Gasteiger partial charge on any atom is 0.416 e. The number of hydrogen-bond donors (Lipinski definition) is 2. The smallest absolute Gasteiger partial charge is 0.416 e. The average Bonchev–Trinajstić information content (AvgIpc) is 3.07. The minimum absolute atomic E-state index is 0.251. The van der Waals surface area contributed by atoms with Crippen molar-refractivity contribution in [2.75, 3.05) is 5.32 Å². The number of nitrogens with one attached hydrogen (secondary N) is 2. The normalized spacial score (nSPS) is 13.3. The molecule has 0 unspecified atom stereocenters. The highest BCUT2D eigenvalue weighted by molar-refractivity contribution is 5.77. The summed E-state index contributed by atoms with van der Waals surface area (Å²) in [5, 5.41) is 9.96. The minimum Gasteiger partial charge on any atom is -0.436 e. The van der Waals surface area contributed by atoms with Crippen molar-refractivity contribution in [1.82, 2.24) is 15.2 Å². The van der Waals surface area contributed by atoms with E-state index < -0.39 is 17.6 Å². The first-order valence-electron chi connectivity index (χ1n) is 8.27. The van der Waals surface area contributed by atoms with E-state index in [4.69, 9.17) is 4.74 Å². The topological polar surface area (TPSA) is 75.2 Å². The van der Waals surface area contributed by atoms with Gasteiger partial charge in [0.2, 0.25) is 5.88 Å². The van der Waals surface area contributed by atoms with Gasteiger partial charge >= 0.3 is 6.18 Å². The molecule has 0 saturated heterocycles. The highest BCUT2D eigenvalue weighted by atomic mass is 19.4. The highest BCUT2D eigenvalue weighted by Gasteiger charge is 2.31. The number of pyridine rings is 1. The van der Waals surface area contributed by atoms with E-state index in [1.807, 2.05) is 0 Å². The van der Waals surface area contributed by atoms with E-state index in [0.717, 1.165) is 36.9 Å². The molecule has 0 saturated carbocycles. The molecular formula is C18H13F4N5O. The Bertz CT molecular complexity index is 1040. The Labute approximate surface area is 156 Å². The van der Waals surface area contributed by atoms with Gasteiger partial charge in [0.15, 0.2) is 17.4 Å². The van der Waals surface area contributed by atoms with Crippen LogP contribution in [0.5, 0.6) is 11.6 Å². The zero-order valence-electron chi connectivity index (χ0n) is 14.2. The number of halogens is 4. The fraction of sp³-hybridized carbons (Fsp3) is 0.167. The van der Waals surface area contributed by atoms with Crippen LogP contribution in [0.3, 0.4) is 0 Å². The number of anilines is 2. The molecule has 0 aliphatic carbocycles. The van der Waals surface area contributed by atoms with Crippen molar-refractivity contribution in [3.05, 3.63) is 53.6 Å². The Morgan fingerprint density at radius 3 is 2.79 bits per heavy atom. The summed E-state index contributed by atoms with van der Waals surface area (Å²) in [6.45, 7) is 0. The lowest BCUT2D eigenvalue weighted by atomic mass is 10.2. The summed E-state index contributed by atoms with van der Waals surface area (Å²) in [6.07, 6.45) is -0.202. The third-order valence-corrected chi connectivity index (χ3v) is 4.03. The Morgan fingerprint density at radius 1 is 1.14 bits per heavy atom. The summed E-state index contributed by atoms with van der Waals surface area (Å²) in [4.78, 5) is 7.96. The molecule has 1 aliphatic rings. The second-order valence-corrected chi connectivity index (χ2v) is 6.00. The van der Waals surface area contributed by atoms with Gasteiger partial charge in [-0.15, -0.1) is 0 Å². The van der Waals surface area contributed by atoms with Crippen LogP contribution < -0.4 is 10.1 Å². The summed E-state index contributed by atoms with van der Waals surface area (Å²) < 4.78 is 57.8. The van der Waals surface area contributed by atoms with Gasteiger partial charge in [0.25, 0.3) is 0 Å². The molecule has 1 aromatic carbocycles. The summed E-state index contributed by atoms with van der Waals surface area (Å²) in [7, 11) is 0. The monoisotopic (exact) mass is 391 g/mol. The van der Waals surface area contributed by atoms with Gasteiger partial charge in [-0.1, -0.05) is 0 Å². The molecule has 10 heteroatoms. The molecule has 2 N–H and O–H groups in total. The molecular weight excluding hydrogens is 378 g/mol. The highest BCUT2D eigenvalue weighted by Crippen LogP contribution is 2.34. The van der Waals surface area contributed by atoms with Gasteiger partial charge in [-0.2, -0.15) is 18.3 Å². The molecule has 0 bridgehead atoms. The maximum atomic E-state index is 14.4. The van der Waals surface area contributed by atoms with Gasteiger partial charge < -0.3 is 10.1 Å². The van der Waals surface area contributed by atoms with Gasteiger partial charge in [-0.05, 0) is 31.0 Å². The second kappa shape index (κ2) is 6.95. The number of aryl methyl sites for hydroxylation is 1. The molecule has 144 valence electrons. The average molecular weight is 391 g/mol. The van der Waals surface area contributed by atoms with Crippen molar-refractivity contribution >= 4 is 23.4 Å². The molecule has 3 aromatic rings. The van der Waals surface area contributed by atoms with Crippen LogP contribution in [-0.4, -0.2) is 21.4 Å². The predicted octanol–water partition coefficient (Wildman–Crippen LogP) is 5.15. The number of fused-ring (bicyclic) bond motifs is 1. The van der Waals surface area contributed by atoms with Crippen LogP contribution in [0.25, 0.3) is 0 Å². The van der Waals surface area contributed by atoms with Crippen LogP contribution in [0.15, 0.2) is 41.5 Å². The number of aromatic nitrogens is 3. The van der Waals surface area contributed by atoms with E-state index in [0.29, 0.717) is 23.3 Å². The number of ether oxygens (including phenoxy) is 1. The van der Waals surface area contributed by atoms with Crippen molar-refractivity contribution in [2.45, 2.75) is 19.0 Å². The molecule has 0 atom stereocenters. The molecule has 2 aromatic heterocycles. The second-order valence-electron chi connectivity index (χ2n) is 6.00. The fourth-order valence-corrected chi connectivity index (χ4v) is 2.69. The lowest BCUT2D eigenvalue weighted by Gasteiger charge is -2.11. The number of rotatable bonds is 4. The summed E-state index contributed by atoms with van der Waals surface area (Å²) in [6, 6.07) is 5.47. The first-order chi connectivity index (χ1) is 13.4. The molecule has 28 heavy (non-hydrogen) atoms. The third-order valence-electron chi connectivity index (χ3n) is 4.03. The SMILES string of the molecule is Fc1cc(Nc2n[nH]c3c2N=CCC3)ccc1Oc1cc(C(F)(F)F)ccn1. The first kappa shape index (κ1) is 18.0. The Balaban J connectivity index is 1.53. The van der Waals surface area contributed by atoms with Gasteiger partial charge in [0.05, 0.1) is 11.3 Å². The van der Waals surface area contributed by atoms with E-state index in [9.17, 15) is 17.6 Å². The zero-order chi connectivity index (χ0) is 19.7. The molecule has 0 amide bonds. The first-order valence-corrected chi connectivity index (χ1v) is 8.27. The lowest BCUT2D eigenvalue weighted by Crippen LogP contribution is -2.05. The van der Waals surface area contributed by atoms with E-state index in [1.165, 1.54) is 12.1 Å². The summed E-state index contributed by atoms with van der Waals surface area (Å²) in [5.41, 5.74) is 1.01. The number of benzene rings is 1. The van der Waals surface area contributed by atoms with E-state index in [1.54, 1.807) is 6.21 Å². The Kier molecular flexibility index (Phi) is 4.46. The molecule has 0 radical (unpaired) electrons. The summed E-state index contributed by atoms with van der Waals surface area (Å²) in [5.74, 6) is -0.916. The van der Waals surface area contributed by atoms with Gasteiger partial charge in [0.1, 0.15) is 5.69 Å². The largest absolute Gasteiger partial charge is 0.436 e. The number of H-pyrrole nitrogens is 1. The summed E-state index contributed by atoms with van der Waals surface area (Å²) >= 11 is 0. The predicted molar refractivity (Wildman–Crippen MR) is 94.1 cm³/mol. The van der Waals surface area contributed by atoms with Crippen LogP contribution in [0.1, 0.15) is 17.7 Å². The minimum atomic E-state index is -4.54. The van der Waals surface area contributed by atoms with Crippen LogP contribution in [-0.2, 0) is 12.6 Å². The van der Waals surface area contributed by atoms with E-state index in [2.05, 4.69) is 25.5 Å². The van der Waals surface area contributed by atoms with Crippen molar-refractivity contribution in [2.24, 2.45) is 4.99 Å². The number of aromatic amines is 1. The standard InChI is InChI=1S/C18H13F4N5O/c19-12-9-11(25-17-16-13(26-27-17)2-1-6-24-16)3-4-14(12)28-15-8-10(5-7-23-15)18(20,21)22/h3-9H,1-2H2,(H2,25,26,27). The number of nitrogens with zero attached hydrogens (tertiary/aromatic N) is 3. The van der Waals surface area contributed by atoms with Crippen LogP contribution in [0.2, 0.25) is 0 Å². The molecule has 3 heterocycles.